The quantitative estimate of drug-likeness (QED) is 0.626. The van der Waals surface area contributed by atoms with Crippen molar-refractivity contribution in [2.24, 2.45) is 5.73 Å². The van der Waals surface area contributed by atoms with Gasteiger partial charge in [-0.2, -0.15) is 0 Å². The summed E-state index contributed by atoms with van der Waals surface area (Å²) in [7, 11) is 2.97. The highest BCUT2D eigenvalue weighted by molar-refractivity contribution is 5.68. The van der Waals surface area contributed by atoms with E-state index in [2.05, 4.69) is 0 Å². The average molecular weight is 269 g/mol. The lowest BCUT2D eigenvalue weighted by Crippen LogP contribution is -2.12. The summed E-state index contributed by atoms with van der Waals surface area (Å²) >= 11 is 0. The zero-order valence-corrected chi connectivity index (χ0v) is 11.4. The number of hydrogen-bond donors (Lipinski definition) is 1. The van der Waals surface area contributed by atoms with Crippen molar-refractivity contribution in [2.45, 2.75) is 13.3 Å². The first-order chi connectivity index (χ1) is 9.15. The Morgan fingerprint density at radius 2 is 1.79 bits per heavy atom. The predicted octanol–water partition coefficient (Wildman–Crippen LogP) is 1.74. The molecule has 6 nitrogen and oxygen atoms in total. The van der Waals surface area contributed by atoms with Gasteiger partial charge in [-0.1, -0.05) is 0 Å². The Labute approximate surface area is 112 Å². The molecule has 1 aromatic rings. The summed E-state index contributed by atoms with van der Waals surface area (Å²) in [6.45, 7) is 2.43. The number of carbonyl (C=O) groups is 1. The highest BCUT2D eigenvalue weighted by atomic mass is 16.7. The van der Waals surface area contributed by atoms with Gasteiger partial charge in [0.15, 0.2) is 11.5 Å². The summed E-state index contributed by atoms with van der Waals surface area (Å²) < 4.78 is 20.2. The first kappa shape index (κ1) is 15.1. The standard InChI is InChI=1S/C13H19NO5/c1-4-18-13(15)19-12-10(16-2)7-9(5-6-14)8-11(12)17-3/h7-8H,4-6,14H2,1-3H3. The van der Waals surface area contributed by atoms with E-state index >= 15 is 0 Å². The number of hydrogen-bond acceptors (Lipinski definition) is 6. The molecule has 1 aromatic carbocycles. The van der Waals surface area contributed by atoms with Crippen molar-refractivity contribution in [1.29, 1.82) is 0 Å². The molecular formula is C13H19NO5. The van der Waals surface area contributed by atoms with Gasteiger partial charge in [0, 0.05) is 0 Å². The molecule has 0 aliphatic rings. The summed E-state index contributed by atoms with van der Waals surface area (Å²) in [5.74, 6) is 0.996. The van der Waals surface area contributed by atoms with Gasteiger partial charge in [-0.25, -0.2) is 4.79 Å². The molecule has 6 heteroatoms. The molecule has 106 valence electrons. The summed E-state index contributed by atoms with van der Waals surface area (Å²) in [6.07, 6.45) is -0.127. The Morgan fingerprint density at radius 1 is 1.21 bits per heavy atom. The van der Waals surface area contributed by atoms with Crippen molar-refractivity contribution in [2.75, 3.05) is 27.4 Å². The summed E-state index contributed by atoms with van der Waals surface area (Å²) in [4.78, 5) is 11.4. The molecule has 0 aromatic heterocycles. The van der Waals surface area contributed by atoms with Gasteiger partial charge in [0.2, 0.25) is 5.75 Å². The highest BCUT2D eigenvalue weighted by Gasteiger charge is 2.18. The van der Waals surface area contributed by atoms with Crippen molar-refractivity contribution in [3.05, 3.63) is 17.7 Å². The maximum Gasteiger partial charge on any atom is 0.514 e. The minimum Gasteiger partial charge on any atom is -0.493 e. The summed E-state index contributed by atoms with van der Waals surface area (Å²) in [6, 6.07) is 3.51. The van der Waals surface area contributed by atoms with E-state index < -0.39 is 6.16 Å². The molecule has 19 heavy (non-hydrogen) atoms. The van der Waals surface area contributed by atoms with Crippen LogP contribution >= 0.6 is 0 Å². The molecule has 0 heterocycles. The van der Waals surface area contributed by atoms with E-state index in [4.69, 9.17) is 24.7 Å². The zero-order valence-electron chi connectivity index (χ0n) is 11.4. The average Bonchev–Trinajstić information content (AvgIpc) is 2.40. The minimum absolute atomic E-state index is 0.198. The number of nitrogens with two attached hydrogens (primary N) is 1. The zero-order chi connectivity index (χ0) is 14.3. The van der Waals surface area contributed by atoms with E-state index in [1.807, 2.05) is 0 Å². The first-order valence-electron chi connectivity index (χ1n) is 5.95. The Hall–Kier alpha value is -1.95. The van der Waals surface area contributed by atoms with Crippen LogP contribution in [0.2, 0.25) is 0 Å². The van der Waals surface area contributed by atoms with Crippen molar-refractivity contribution in [1.82, 2.24) is 0 Å². The molecule has 0 amide bonds. The SMILES string of the molecule is CCOC(=O)Oc1c(OC)cc(CCN)cc1OC. The lowest BCUT2D eigenvalue weighted by atomic mass is 10.1. The number of methoxy groups -OCH3 is 2. The number of carbonyl (C=O) groups excluding carboxylic acids is 1. The number of rotatable bonds is 6. The molecule has 1 rings (SSSR count). The third kappa shape index (κ3) is 4.03. The lowest BCUT2D eigenvalue weighted by molar-refractivity contribution is 0.102. The molecule has 0 bridgehead atoms. The van der Waals surface area contributed by atoms with E-state index in [1.165, 1.54) is 14.2 Å². The van der Waals surface area contributed by atoms with Crippen LogP contribution in [0.15, 0.2) is 12.1 Å². The molecule has 0 saturated carbocycles. The lowest BCUT2D eigenvalue weighted by Gasteiger charge is -2.14. The summed E-state index contributed by atoms with van der Waals surface area (Å²) in [5, 5.41) is 0. The monoisotopic (exact) mass is 269 g/mol. The fraction of sp³-hybridized carbons (Fsp3) is 0.462. The fourth-order valence-corrected chi connectivity index (χ4v) is 1.58. The van der Waals surface area contributed by atoms with E-state index in [9.17, 15) is 4.79 Å². The Kier molecular flexibility index (Phi) is 5.95. The van der Waals surface area contributed by atoms with Crippen LogP contribution in [0.3, 0.4) is 0 Å². The second-order valence-electron chi connectivity index (χ2n) is 3.65. The number of ether oxygens (including phenoxy) is 4. The van der Waals surface area contributed by atoms with E-state index in [0.29, 0.717) is 24.5 Å². The van der Waals surface area contributed by atoms with Crippen molar-refractivity contribution in [3.8, 4) is 17.2 Å². The van der Waals surface area contributed by atoms with Gasteiger partial charge in [-0.05, 0) is 37.6 Å². The third-order valence-corrected chi connectivity index (χ3v) is 2.40. The summed E-state index contributed by atoms with van der Waals surface area (Å²) in [5.41, 5.74) is 6.45. The van der Waals surface area contributed by atoms with Crippen LogP contribution in [0.5, 0.6) is 17.2 Å². The van der Waals surface area contributed by atoms with Crippen molar-refractivity contribution in [3.63, 3.8) is 0 Å². The maximum absolute atomic E-state index is 11.4. The van der Waals surface area contributed by atoms with Crippen LogP contribution in [0.4, 0.5) is 4.79 Å². The smallest absolute Gasteiger partial charge is 0.493 e. The molecule has 2 N–H and O–H groups in total. The second kappa shape index (κ2) is 7.48. The molecule has 0 aliphatic carbocycles. The van der Waals surface area contributed by atoms with Gasteiger partial charge >= 0.3 is 6.16 Å². The van der Waals surface area contributed by atoms with Crippen molar-refractivity contribution >= 4 is 6.16 Å². The first-order valence-corrected chi connectivity index (χ1v) is 5.95. The van der Waals surface area contributed by atoms with Crippen LogP contribution in [0.1, 0.15) is 12.5 Å². The van der Waals surface area contributed by atoms with Crippen LogP contribution in [0.25, 0.3) is 0 Å². The van der Waals surface area contributed by atoms with E-state index in [1.54, 1.807) is 19.1 Å². The topological polar surface area (TPSA) is 80.0 Å². The Morgan fingerprint density at radius 3 is 2.21 bits per heavy atom. The molecule has 0 unspecified atom stereocenters. The third-order valence-electron chi connectivity index (χ3n) is 2.40. The predicted molar refractivity (Wildman–Crippen MR) is 70.0 cm³/mol. The van der Waals surface area contributed by atoms with E-state index in [-0.39, 0.29) is 12.4 Å². The minimum atomic E-state index is -0.800. The van der Waals surface area contributed by atoms with Gasteiger partial charge in [0.05, 0.1) is 20.8 Å². The van der Waals surface area contributed by atoms with Gasteiger partial charge in [0.1, 0.15) is 0 Å². The van der Waals surface area contributed by atoms with Crippen LogP contribution in [0, 0.1) is 0 Å². The Bertz CT molecular complexity index is 408. The van der Waals surface area contributed by atoms with Gasteiger partial charge in [-0.15, -0.1) is 0 Å². The number of benzene rings is 1. The van der Waals surface area contributed by atoms with Gasteiger partial charge in [0.25, 0.3) is 0 Å². The Balaban J connectivity index is 3.09. The molecule has 0 radical (unpaired) electrons. The second-order valence-corrected chi connectivity index (χ2v) is 3.65. The van der Waals surface area contributed by atoms with Crippen LogP contribution < -0.4 is 19.9 Å². The molecule has 0 atom stereocenters. The van der Waals surface area contributed by atoms with Gasteiger partial charge < -0.3 is 24.7 Å². The van der Waals surface area contributed by atoms with E-state index in [0.717, 1.165) is 5.56 Å². The largest absolute Gasteiger partial charge is 0.514 e. The normalized spacial score (nSPS) is 9.89. The molecule has 0 saturated heterocycles. The molecule has 0 aliphatic heterocycles. The molecule has 0 spiro atoms. The van der Waals surface area contributed by atoms with Crippen LogP contribution in [-0.4, -0.2) is 33.5 Å². The molecule has 0 fully saturated rings. The van der Waals surface area contributed by atoms with Crippen LogP contribution in [-0.2, 0) is 11.2 Å². The maximum atomic E-state index is 11.4. The fourth-order valence-electron chi connectivity index (χ4n) is 1.58. The van der Waals surface area contributed by atoms with Gasteiger partial charge in [-0.3, -0.25) is 0 Å². The molecular weight excluding hydrogens is 250 g/mol. The van der Waals surface area contributed by atoms with Crippen molar-refractivity contribution < 1.29 is 23.7 Å². The highest BCUT2D eigenvalue weighted by Crippen LogP contribution is 2.38.